The van der Waals surface area contributed by atoms with Crippen LogP contribution in [0.5, 0.6) is 0 Å². The van der Waals surface area contributed by atoms with Crippen molar-refractivity contribution in [2.45, 2.75) is 25.7 Å². The number of hydrogen-bond donors (Lipinski definition) is 2. The minimum atomic E-state index is 0.00780. The average molecular weight is 339 g/mol. The smallest absolute Gasteiger partial charge is 0.224 e. The van der Waals surface area contributed by atoms with E-state index in [0.29, 0.717) is 17.9 Å². The molecule has 1 saturated heterocycles. The highest BCUT2D eigenvalue weighted by atomic mass is 16.5. The molecule has 0 bridgehead atoms. The Balaban J connectivity index is 1.54. The summed E-state index contributed by atoms with van der Waals surface area (Å²) in [6.07, 6.45) is 5.15. The molecule has 0 spiro atoms. The number of nitrogens with one attached hydrogen (secondary N) is 1. The molecule has 3 rings (SSSR count). The molecule has 1 aliphatic rings. The van der Waals surface area contributed by atoms with Crippen LogP contribution in [-0.2, 0) is 9.53 Å². The zero-order valence-corrected chi connectivity index (χ0v) is 13.9. The monoisotopic (exact) mass is 339 g/mol. The summed E-state index contributed by atoms with van der Waals surface area (Å²) in [6, 6.07) is 9.24. The van der Waals surface area contributed by atoms with Gasteiger partial charge in [-0.15, -0.1) is 5.10 Å². The number of benzene rings is 1. The summed E-state index contributed by atoms with van der Waals surface area (Å²) < 4.78 is 6.98. The molecular weight excluding hydrogens is 318 g/mol. The molecule has 1 aromatic carbocycles. The molecule has 0 radical (unpaired) electrons. The summed E-state index contributed by atoms with van der Waals surface area (Å²) in [7, 11) is 0. The SMILES string of the molecule is N#Cc1cn(-c2ccc(NC(=O)CC[C@H]3CCCOC3)cc2)nc1N. The van der Waals surface area contributed by atoms with E-state index in [1.807, 2.05) is 18.2 Å². The number of nitrogens with two attached hydrogens (primary N) is 1. The Kier molecular flexibility index (Phi) is 5.31. The molecule has 2 aromatic rings. The van der Waals surface area contributed by atoms with Gasteiger partial charge in [0.05, 0.1) is 11.9 Å². The van der Waals surface area contributed by atoms with Gasteiger partial charge in [0, 0.05) is 25.3 Å². The van der Waals surface area contributed by atoms with E-state index in [0.717, 1.165) is 43.9 Å². The standard InChI is InChI=1S/C18H21N5O2/c19-10-14-11-23(22-18(14)20)16-6-4-15(5-7-16)21-17(24)8-3-13-2-1-9-25-12-13/h4-7,11,13H,1-3,8-9,12H2,(H2,20,22)(H,21,24)/t13-/m1/s1. The van der Waals surface area contributed by atoms with Gasteiger partial charge in [-0.1, -0.05) is 0 Å². The third-order valence-electron chi connectivity index (χ3n) is 4.31. The molecule has 0 aliphatic carbocycles. The predicted octanol–water partition coefficient (Wildman–Crippen LogP) is 2.47. The van der Waals surface area contributed by atoms with E-state index >= 15 is 0 Å². The fourth-order valence-corrected chi connectivity index (χ4v) is 2.90. The van der Waals surface area contributed by atoms with Gasteiger partial charge in [-0.3, -0.25) is 4.79 Å². The van der Waals surface area contributed by atoms with Gasteiger partial charge < -0.3 is 15.8 Å². The summed E-state index contributed by atoms with van der Waals surface area (Å²) in [4.78, 5) is 12.1. The van der Waals surface area contributed by atoms with Crippen LogP contribution >= 0.6 is 0 Å². The lowest BCUT2D eigenvalue weighted by atomic mass is 9.97. The Morgan fingerprint density at radius 2 is 2.24 bits per heavy atom. The second-order valence-electron chi connectivity index (χ2n) is 6.20. The third-order valence-corrected chi connectivity index (χ3v) is 4.31. The van der Waals surface area contributed by atoms with Crippen molar-refractivity contribution in [1.29, 1.82) is 5.26 Å². The van der Waals surface area contributed by atoms with Crippen molar-refractivity contribution in [2.24, 2.45) is 5.92 Å². The molecule has 7 nitrogen and oxygen atoms in total. The first kappa shape index (κ1) is 17.0. The molecule has 1 fully saturated rings. The lowest BCUT2D eigenvalue weighted by Gasteiger charge is -2.21. The number of nitriles is 1. The zero-order chi connectivity index (χ0) is 17.6. The van der Waals surface area contributed by atoms with E-state index in [1.54, 1.807) is 23.0 Å². The number of nitrogens with zero attached hydrogens (tertiary/aromatic N) is 3. The van der Waals surface area contributed by atoms with E-state index in [-0.39, 0.29) is 11.7 Å². The Morgan fingerprint density at radius 1 is 1.44 bits per heavy atom. The number of hydrogen-bond acceptors (Lipinski definition) is 5. The van der Waals surface area contributed by atoms with E-state index < -0.39 is 0 Å². The van der Waals surface area contributed by atoms with Gasteiger partial charge >= 0.3 is 0 Å². The number of anilines is 2. The molecule has 1 amide bonds. The van der Waals surface area contributed by atoms with E-state index in [1.165, 1.54) is 0 Å². The average Bonchev–Trinajstić information content (AvgIpc) is 3.02. The maximum absolute atomic E-state index is 12.1. The van der Waals surface area contributed by atoms with Crippen LogP contribution in [0.3, 0.4) is 0 Å². The topological polar surface area (TPSA) is 106 Å². The van der Waals surface area contributed by atoms with Crippen LogP contribution in [0.15, 0.2) is 30.5 Å². The number of rotatable bonds is 5. The molecule has 7 heteroatoms. The van der Waals surface area contributed by atoms with Crippen molar-refractivity contribution in [2.75, 3.05) is 24.3 Å². The van der Waals surface area contributed by atoms with Crippen LogP contribution in [0.4, 0.5) is 11.5 Å². The highest BCUT2D eigenvalue weighted by Gasteiger charge is 2.15. The molecule has 2 heterocycles. The van der Waals surface area contributed by atoms with Crippen molar-refractivity contribution >= 4 is 17.4 Å². The first-order chi connectivity index (χ1) is 12.2. The Labute approximate surface area is 146 Å². The number of nitrogen functional groups attached to an aromatic ring is 1. The quantitative estimate of drug-likeness (QED) is 0.870. The summed E-state index contributed by atoms with van der Waals surface area (Å²) >= 11 is 0. The van der Waals surface area contributed by atoms with E-state index in [2.05, 4.69) is 10.4 Å². The molecule has 3 N–H and O–H groups in total. The molecule has 130 valence electrons. The number of carbonyl (C=O) groups is 1. The lowest BCUT2D eigenvalue weighted by molar-refractivity contribution is -0.116. The summed E-state index contributed by atoms with van der Waals surface area (Å²) in [5.74, 6) is 0.696. The number of amides is 1. The van der Waals surface area contributed by atoms with Gasteiger partial charge in [-0.05, 0) is 49.4 Å². The van der Waals surface area contributed by atoms with Gasteiger partial charge in [0.2, 0.25) is 5.91 Å². The Morgan fingerprint density at radius 3 is 2.88 bits per heavy atom. The molecule has 1 aromatic heterocycles. The molecule has 25 heavy (non-hydrogen) atoms. The van der Waals surface area contributed by atoms with Gasteiger partial charge in [0.15, 0.2) is 5.82 Å². The van der Waals surface area contributed by atoms with Crippen molar-refractivity contribution in [3.63, 3.8) is 0 Å². The predicted molar refractivity (Wildman–Crippen MR) is 94.1 cm³/mol. The highest BCUT2D eigenvalue weighted by molar-refractivity contribution is 5.90. The molecular formula is C18H21N5O2. The lowest BCUT2D eigenvalue weighted by Crippen LogP contribution is -2.20. The summed E-state index contributed by atoms with van der Waals surface area (Å²) in [6.45, 7) is 1.60. The summed E-state index contributed by atoms with van der Waals surface area (Å²) in [5.41, 5.74) is 7.50. The largest absolute Gasteiger partial charge is 0.381 e. The maximum atomic E-state index is 12.1. The molecule has 0 unspecified atom stereocenters. The highest BCUT2D eigenvalue weighted by Crippen LogP contribution is 2.20. The fourth-order valence-electron chi connectivity index (χ4n) is 2.90. The van der Waals surface area contributed by atoms with Gasteiger partial charge in [0.1, 0.15) is 11.6 Å². The normalized spacial score (nSPS) is 17.0. The first-order valence-electron chi connectivity index (χ1n) is 8.39. The maximum Gasteiger partial charge on any atom is 0.224 e. The second kappa shape index (κ2) is 7.81. The number of aromatic nitrogens is 2. The first-order valence-corrected chi connectivity index (χ1v) is 8.39. The van der Waals surface area contributed by atoms with Crippen LogP contribution in [-0.4, -0.2) is 28.9 Å². The van der Waals surface area contributed by atoms with Gasteiger partial charge in [-0.2, -0.15) is 5.26 Å². The van der Waals surface area contributed by atoms with Crippen LogP contribution in [0, 0.1) is 17.2 Å². The van der Waals surface area contributed by atoms with Crippen LogP contribution in [0.1, 0.15) is 31.2 Å². The van der Waals surface area contributed by atoms with Gasteiger partial charge in [0.25, 0.3) is 0 Å². The minimum absolute atomic E-state index is 0.00780. The van der Waals surface area contributed by atoms with Crippen LogP contribution < -0.4 is 11.1 Å². The van der Waals surface area contributed by atoms with Crippen molar-refractivity contribution < 1.29 is 9.53 Å². The van der Waals surface area contributed by atoms with Crippen molar-refractivity contribution in [3.8, 4) is 11.8 Å². The fraction of sp³-hybridized carbons (Fsp3) is 0.389. The molecule has 0 saturated carbocycles. The van der Waals surface area contributed by atoms with Crippen LogP contribution in [0.25, 0.3) is 5.69 Å². The Hall–Kier alpha value is -2.85. The molecule has 1 aliphatic heterocycles. The van der Waals surface area contributed by atoms with Crippen molar-refractivity contribution in [3.05, 3.63) is 36.0 Å². The van der Waals surface area contributed by atoms with E-state index in [4.69, 9.17) is 15.7 Å². The van der Waals surface area contributed by atoms with Gasteiger partial charge in [-0.25, -0.2) is 4.68 Å². The van der Waals surface area contributed by atoms with Crippen LogP contribution in [0.2, 0.25) is 0 Å². The minimum Gasteiger partial charge on any atom is -0.381 e. The number of ether oxygens (including phenoxy) is 1. The van der Waals surface area contributed by atoms with E-state index in [9.17, 15) is 4.79 Å². The summed E-state index contributed by atoms with van der Waals surface area (Å²) in [5, 5.41) is 15.9. The molecule has 1 atom stereocenters. The second-order valence-corrected chi connectivity index (χ2v) is 6.20. The number of carbonyl (C=O) groups excluding carboxylic acids is 1. The zero-order valence-electron chi connectivity index (χ0n) is 13.9. The third kappa shape index (κ3) is 4.37. The Bertz CT molecular complexity index is 770. The van der Waals surface area contributed by atoms with Crippen molar-refractivity contribution in [1.82, 2.24) is 9.78 Å².